The maximum Gasteiger partial charge on any atom is 0.374 e. The van der Waals surface area contributed by atoms with E-state index in [1.807, 2.05) is 0 Å². The Balaban J connectivity index is 0. The molecule has 0 aliphatic rings. The monoisotopic (exact) mass is 260 g/mol. The van der Waals surface area contributed by atoms with Crippen LogP contribution in [0.5, 0.6) is 0 Å². The molecule has 2 nitrogen and oxygen atoms in total. The zero-order valence-electron chi connectivity index (χ0n) is 11.1. The van der Waals surface area contributed by atoms with Gasteiger partial charge in [-0.15, -0.1) is 0 Å². The molecular formula is C15H29FO2. The molecule has 0 saturated heterocycles. The zero-order valence-corrected chi connectivity index (χ0v) is 11.1. The van der Waals surface area contributed by atoms with E-state index in [0.29, 0.717) is 5.57 Å². The predicted octanol–water partition coefficient (Wildman–Crippen LogP) is 5.53. The minimum absolute atomic E-state index is 0. The fraction of sp³-hybridized carbons (Fsp3) is 0.800. The molecule has 0 bridgehead atoms. The summed E-state index contributed by atoms with van der Waals surface area (Å²) >= 11 is 0. The number of hydrogen-bond acceptors (Lipinski definition) is 2. The first-order chi connectivity index (χ1) is 8.22. The quantitative estimate of drug-likeness (QED) is 0.381. The van der Waals surface area contributed by atoms with Crippen molar-refractivity contribution >= 4 is 5.97 Å². The Hall–Kier alpha value is -0.860. The Morgan fingerprint density at radius 2 is 1.56 bits per heavy atom. The van der Waals surface area contributed by atoms with Crippen LogP contribution < -0.4 is 0 Å². The maximum absolute atomic E-state index is 11.5. The van der Waals surface area contributed by atoms with Crippen LogP contribution in [0.25, 0.3) is 0 Å². The van der Waals surface area contributed by atoms with Gasteiger partial charge >= 0.3 is 5.97 Å². The molecule has 0 fully saturated rings. The second kappa shape index (κ2) is 14.2. The third kappa shape index (κ3) is 11.6. The van der Waals surface area contributed by atoms with E-state index in [0.717, 1.165) is 12.8 Å². The zero-order chi connectivity index (χ0) is 12.9. The van der Waals surface area contributed by atoms with Crippen molar-refractivity contribution in [2.75, 3.05) is 0 Å². The Kier molecular flexibility index (Phi) is 15.4. The van der Waals surface area contributed by atoms with E-state index in [1.165, 1.54) is 44.9 Å². The van der Waals surface area contributed by atoms with Crippen LogP contribution in [0.1, 0.15) is 79.1 Å². The highest BCUT2D eigenvalue weighted by molar-refractivity contribution is 5.87. The summed E-state index contributed by atoms with van der Waals surface area (Å²) < 4.78 is 11.5. The smallest absolute Gasteiger partial charge is 0.250 e. The van der Waals surface area contributed by atoms with Crippen molar-refractivity contribution in [3.05, 3.63) is 11.6 Å². The summed E-state index contributed by atoms with van der Waals surface area (Å²) in [7, 11) is 0. The van der Waals surface area contributed by atoms with Gasteiger partial charge in [-0.05, 0) is 19.8 Å². The molecule has 0 unspecified atom stereocenters. The third-order valence-corrected chi connectivity index (χ3v) is 2.90. The fourth-order valence-corrected chi connectivity index (χ4v) is 1.74. The molecule has 0 amide bonds. The molecule has 108 valence electrons. The Morgan fingerprint density at radius 1 is 1.06 bits per heavy atom. The Labute approximate surface area is 112 Å². The van der Waals surface area contributed by atoms with Crippen LogP contribution in [-0.4, -0.2) is 5.97 Å². The summed E-state index contributed by atoms with van der Waals surface area (Å²) in [6.45, 7) is 3.80. The summed E-state index contributed by atoms with van der Waals surface area (Å²) in [5.41, 5.74) is 0.357. The number of unbranched alkanes of at least 4 members (excludes halogenated alkanes) is 8. The van der Waals surface area contributed by atoms with Crippen LogP contribution >= 0.6 is 0 Å². The van der Waals surface area contributed by atoms with Crippen LogP contribution in [0.4, 0.5) is 4.53 Å². The van der Waals surface area contributed by atoms with Gasteiger partial charge < -0.3 is 0 Å². The van der Waals surface area contributed by atoms with Crippen molar-refractivity contribution in [2.45, 2.75) is 79.1 Å². The summed E-state index contributed by atoms with van der Waals surface area (Å²) in [6, 6.07) is 0. The Bertz CT molecular complexity index is 225. The summed E-state index contributed by atoms with van der Waals surface area (Å²) in [5.74, 6) is -0.871. The van der Waals surface area contributed by atoms with Crippen molar-refractivity contribution < 1.29 is 14.3 Å². The van der Waals surface area contributed by atoms with Gasteiger partial charge in [0.1, 0.15) is 0 Å². The van der Waals surface area contributed by atoms with Crippen molar-refractivity contribution in [3.63, 3.8) is 0 Å². The van der Waals surface area contributed by atoms with E-state index in [9.17, 15) is 9.32 Å². The van der Waals surface area contributed by atoms with E-state index in [1.54, 1.807) is 13.0 Å². The first kappa shape index (κ1) is 19.5. The van der Waals surface area contributed by atoms with Gasteiger partial charge in [0, 0.05) is 10.1 Å². The van der Waals surface area contributed by atoms with E-state index in [2.05, 4.69) is 11.9 Å². The van der Waals surface area contributed by atoms with Crippen molar-refractivity contribution in [3.8, 4) is 0 Å². The van der Waals surface area contributed by atoms with Gasteiger partial charge in [0.2, 0.25) is 0 Å². The molecule has 0 aliphatic carbocycles. The molecule has 0 atom stereocenters. The number of allylic oxidation sites excluding steroid dienone is 1. The van der Waals surface area contributed by atoms with Crippen molar-refractivity contribution in [1.82, 2.24) is 0 Å². The minimum Gasteiger partial charge on any atom is -0.250 e. The lowest BCUT2D eigenvalue weighted by atomic mass is 10.1. The van der Waals surface area contributed by atoms with E-state index in [4.69, 9.17) is 0 Å². The van der Waals surface area contributed by atoms with Gasteiger partial charge in [0.25, 0.3) is 0 Å². The molecule has 3 heteroatoms. The molecule has 0 aliphatic heterocycles. The lowest BCUT2D eigenvalue weighted by Gasteiger charge is -2.00. The molecule has 0 aromatic carbocycles. The van der Waals surface area contributed by atoms with E-state index < -0.39 is 5.97 Å². The molecule has 18 heavy (non-hydrogen) atoms. The highest BCUT2D eigenvalue weighted by Gasteiger charge is 2.04. The molecule has 0 N–H and O–H groups in total. The van der Waals surface area contributed by atoms with Crippen LogP contribution in [-0.2, 0) is 9.74 Å². The molecular weight excluding hydrogens is 231 g/mol. The lowest BCUT2D eigenvalue weighted by Crippen LogP contribution is -1.98. The first-order valence-corrected chi connectivity index (χ1v) is 6.72. The van der Waals surface area contributed by atoms with Gasteiger partial charge in [0.15, 0.2) is 0 Å². The van der Waals surface area contributed by atoms with Crippen LogP contribution in [0.15, 0.2) is 11.6 Å². The van der Waals surface area contributed by atoms with E-state index in [-0.39, 0.29) is 7.43 Å². The molecule has 0 heterocycles. The summed E-state index contributed by atoms with van der Waals surface area (Å²) in [5, 5.41) is 0. The second-order valence-electron chi connectivity index (χ2n) is 4.52. The molecule has 0 radical (unpaired) electrons. The topological polar surface area (TPSA) is 26.3 Å². The molecule has 0 rings (SSSR count). The SMILES string of the molecule is C.CCCCCCCCCCC=C(C)C(=O)OF. The van der Waals surface area contributed by atoms with E-state index >= 15 is 0 Å². The standard InChI is InChI=1S/C14H25FO2.CH4/c1-3-4-5-6-7-8-9-10-11-12-13(2)14(16)17-15;/h12H,3-11H2,1-2H3;1H4. The number of rotatable bonds is 10. The summed E-state index contributed by atoms with van der Waals surface area (Å²) in [4.78, 5) is 13.9. The van der Waals surface area contributed by atoms with Gasteiger partial charge in [-0.1, -0.05) is 65.4 Å². The molecule has 0 spiro atoms. The van der Waals surface area contributed by atoms with Crippen molar-refractivity contribution in [2.24, 2.45) is 0 Å². The molecule has 0 aromatic heterocycles. The average molecular weight is 260 g/mol. The average Bonchev–Trinajstić information content (AvgIpc) is 2.35. The number of halogens is 1. The molecule has 0 aromatic rings. The van der Waals surface area contributed by atoms with Gasteiger partial charge in [-0.3, -0.25) is 0 Å². The van der Waals surface area contributed by atoms with Gasteiger partial charge in [-0.25, -0.2) is 9.74 Å². The normalized spacial score (nSPS) is 10.9. The third-order valence-electron chi connectivity index (χ3n) is 2.90. The lowest BCUT2D eigenvalue weighted by molar-refractivity contribution is -0.178. The predicted molar refractivity (Wildman–Crippen MR) is 74.9 cm³/mol. The summed E-state index contributed by atoms with van der Waals surface area (Å²) in [6.07, 6.45) is 12.7. The highest BCUT2D eigenvalue weighted by atomic mass is 19.3. The van der Waals surface area contributed by atoms with Gasteiger partial charge in [-0.2, -0.15) is 0 Å². The van der Waals surface area contributed by atoms with Crippen LogP contribution in [0.2, 0.25) is 0 Å². The van der Waals surface area contributed by atoms with Gasteiger partial charge in [0.05, 0.1) is 0 Å². The second-order valence-corrected chi connectivity index (χ2v) is 4.52. The fourth-order valence-electron chi connectivity index (χ4n) is 1.74. The minimum atomic E-state index is -0.871. The Morgan fingerprint density at radius 3 is 2.06 bits per heavy atom. The molecule has 0 saturated carbocycles. The van der Waals surface area contributed by atoms with Crippen LogP contribution in [0, 0.1) is 0 Å². The first-order valence-electron chi connectivity index (χ1n) is 6.72. The van der Waals surface area contributed by atoms with Crippen molar-refractivity contribution in [1.29, 1.82) is 0 Å². The van der Waals surface area contributed by atoms with Crippen LogP contribution in [0.3, 0.4) is 0 Å². The maximum atomic E-state index is 11.5. The number of carbonyl (C=O) groups excluding carboxylic acids is 1. The highest BCUT2D eigenvalue weighted by Crippen LogP contribution is 2.10. The number of hydrogen-bond donors (Lipinski definition) is 0. The number of carbonyl (C=O) groups is 1. The largest absolute Gasteiger partial charge is 0.374 e.